The van der Waals surface area contributed by atoms with E-state index in [2.05, 4.69) is 22.1 Å². The quantitative estimate of drug-likeness (QED) is 0.784. The molecule has 0 aliphatic carbocycles. The number of benzene rings is 1. The molecule has 0 saturated carbocycles. The van der Waals surface area contributed by atoms with Crippen LogP contribution in [0.25, 0.3) is 5.69 Å². The number of piperazine rings is 1. The zero-order valence-corrected chi connectivity index (χ0v) is 16.2. The number of carbonyl (C=O) groups excluding carboxylic acids is 1. The lowest BCUT2D eigenvalue weighted by atomic mass is 10.0. The SMILES string of the molecule is CCC(=O)N1CCN(Cc2cccc(-n3cccn3)c2)[C@H]2CS(=O)(=O)C[C@H]21. The van der Waals surface area contributed by atoms with Crippen LogP contribution < -0.4 is 0 Å². The third kappa shape index (κ3) is 3.64. The molecule has 8 heteroatoms. The number of amides is 1. The van der Waals surface area contributed by atoms with Crippen LogP contribution in [0.5, 0.6) is 0 Å². The molecular formula is C19H24N4O3S. The average Bonchev–Trinajstić information content (AvgIpc) is 3.28. The summed E-state index contributed by atoms with van der Waals surface area (Å²) in [6.07, 6.45) is 4.05. The molecule has 1 amide bonds. The van der Waals surface area contributed by atoms with Crippen molar-refractivity contribution in [2.45, 2.75) is 32.0 Å². The molecule has 3 heterocycles. The fraction of sp³-hybridized carbons (Fsp3) is 0.474. The van der Waals surface area contributed by atoms with Crippen molar-refractivity contribution in [3.05, 3.63) is 48.3 Å². The van der Waals surface area contributed by atoms with Gasteiger partial charge in [-0.05, 0) is 23.8 Å². The topological polar surface area (TPSA) is 75.5 Å². The monoisotopic (exact) mass is 388 g/mol. The van der Waals surface area contributed by atoms with Crippen LogP contribution in [0.1, 0.15) is 18.9 Å². The van der Waals surface area contributed by atoms with E-state index in [4.69, 9.17) is 0 Å². The van der Waals surface area contributed by atoms with Crippen LogP contribution in [-0.2, 0) is 21.2 Å². The summed E-state index contributed by atoms with van der Waals surface area (Å²) in [6, 6.07) is 9.64. The lowest BCUT2D eigenvalue weighted by Gasteiger charge is -2.44. The van der Waals surface area contributed by atoms with Crippen molar-refractivity contribution in [1.82, 2.24) is 19.6 Å². The smallest absolute Gasteiger partial charge is 0.222 e. The Kier molecular flexibility index (Phi) is 4.77. The molecule has 27 heavy (non-hydrogen) atoms. The molecule has 2 fully saturated rings. The minimum absolute atomic E-state index is 0.0439. The summed E-state index contributed by atoms with van der Waals surface area (Å²) in [6.45, 7) is 3.77. The Bertz CT molecular complexity index is 926. The predicted octanol–water partition coefficient (Wildman–Crippen LogP) is 1.09. The second-order valence-corrected chi connectivity index (χ2v) is 9.40. The highest BCUT2D eigenvalue weighted by Crippen LogP contribution is 2.29. The van der Waals surface area contributed by atoms with Crippen molar-refractivity contribution >= 4 is 15.7 Å². The Morgan fingerprint density at radius 2 is 2.00 bits per heavy atom. The van der Waals surface area contributed by atoms with Crippen LogP contribution in [0, 0.1) is 0 Å². The van der Waals surface area contributed by atoms with Gasteiger partial charge >= 0.3 is 0 Å². The minimum Gasteiger partial charge on any atom is -0.336 e. The van der Waals surface area contributed by atoms with E-state index in [-0.39, 0.29) is 29.5 Å². The van der Waals surface area contributed by atoms with Crippen LogP contribution in [0.15, 0.2) is 42.7 Å². The molecule has 0 unspecified atom stereocenters. The first-order valence-corrected chi connectivity index (χ1v) is 11.1. The highest BCUT2D eigenvalue weighted by atomic mass is 32.2. The van der Waals surface area contributed by atoms with Gasteiger partial charge in [0.05, 0.1) is 23.2 Å². The minimum atomic E-state index is -3.12. The molecule has 0 bridgehead atoms. The molecule has 0 N–H and O–H groups in total. The Morgan fingerprint density at radius 3 is 2.74 bits per heavy atom. The molecule has 7 nitrogen and oxygen atoms in total. The summed E-state index contributed by atoms with van der Waals surface area (Å²) in [5.41, 5.74) is 2.09. The Hall–Kier alpha value is -2.19. The summed E-state index contributed by atoms with van der Waals surface area (Å²) >= 11 is 0. The van der Waals surface area contributed by atoms with Crippen molar-refractivity contribution < 1.29 is 13.2 Å². The molecule has 2 aromatic rings. The third-order valence-corrected chi connectivity index (χ3v) is 7.18. The Balaban J connectivity index is 1.56. The second-order valence-electron chi connectivity index (χ2n) is 7.24. The Morgan fingerprint density at radius 1 is 1.19 bits per heavy atom. The van der Waals surface area contributed by atoms with Crippen LogP contribution in [0.4, 0.5) is 0 Å². The molecule has 2 aliphatic heterocycles. The number of sulfone groups is 1. The summed E-state index contributed by atoms with van der Waals surface area (Å²) in [5.74, 6) is 0.250. The first-order valence-electron chi connectivity index (χ1n) is 9.30. The van der Waals surface area contributed by atoms with Crippen LogP contribution >= 0.6 is 0 Å². The fourth-order valence-electron chi connectivity index (χ4n) is 4.19. The van der Waals surface area contributed by atoms with Crippen molar-refractivity contribution in [1.29, 1.82) is 0 Å². The molecule has 2 atom stereocenters. The van der Waals surface area contributed by atoms with Gasteiger partial charge in [0.1, 0.15) is 0 Å². The van der Waals surface area contributed by atoms with Crippen LogP contribution in [-0.4, -0.2) is 70.6 Å². The summed E-state index contributed by atoms with van der Waals surface area (Å²) in [4.78, 5) is 16.3. The molecule has 1 aromatic carbocycles. The first kappa shape index (κ1) is 18.2. The zero-order chi connectivity index (χ0) is 19.0. The first-order chi connectivity index (χ1) is 13.0. The van der Waals surface area contributed by atoms with Gasteiger partial charge in [-0.3, -0.25) is 9.69 Å². The summed E-state index contributed by atoms with van der Waals surface area (Å²) in [5, 5.41) is 4.26. The number of rotatable bonds is 4. The van der Waals surface area contributed by atoms with E-state index in [0.29, 0.717) is 26.1 Å². The summed E-state index contributed by atoms with van der Waals surface area (Å²) in [7, 11) is -3.12. The van der Waals surface area contributed by atoms with Gasteiger partial charge in [-0.2, -0.15) is 5.10 Å². The molecule has 144 valence electrons. The number of nitrogens with zero attached hydrogens (tertiary/aromatic N) is 4. The molecule has 4 rings (SSSR count). The van der Waals surface area contributed by atoms with Crippen LogP contribution in [0.3, 0.4) is 0 Å². The molecule has 1 aromatic heterocycles. The van der Waals surface area contributed by atoms with Crippen molar-refractivity contribution in [2.75, 3.05) is 24.6 Å². The van der Waals surface area contributed by atoms with Crippen LogP contribution in [0.2, 0.25) is 0 Å². The maximum absolute atomic E-state index is 12.3. The number of carbonyl (C=O) groups is 1. The van der Waals surface area contributed by atoms with E-state index in [0.717, 1.165) is 11.3 Å². The van der Waals surface area contributed by atoms with Gasteiger partial charge in [0, 0.05) is 44.5 Å². The van der Waals surface area contributed by atoms with Gasteiger partial charge in [-0.25, -0.2) is 13.1 Å². The third-order valence-electron chi connectivity index (χ3n) is 5.48. The van der Waals surface area contributed by atoms with E-state index >= 15 is 0 Å². The van der Waals surface area contributed by atoms with Gasteiger partial charge in [-0.15, -0.1) is 0 Å². The second kappa shape index (κ2) is 7.09. The van der Waals surface area contributed by atoms with Crippen molar-refractivity contribution in [2.24, 2.45) is 0 Å². The lowest BCUT2D eigenvalue weighted by Crippen LogP contribution is -2.60. The predicted molar refractivity (Wildman–Crippen MR) is 102 cm³/mol. The maximum atomic E-state index is 12.3. The molecule has 2 aliphatic rings. The summed E-state index contributed by atoms with van der Waals surface area (Å²) < 4.78 is 26.4. The number of aromatic nitrogens is 2. The van der Waals surface area contributed by atoms with E-state index in [1.54, 1.807) is 11.1 Å². The van der Waals surface area contributed by atoms with Gasteiger partial charge in [0.25, 0.3) is 0 Å². The molecule has 0 radical (unpaired) electrons. The highest BCUT2D eigenvalue weighted by Gasteiger charge is 2.47. The van der Waals surface area contributed by atoms with E-state index in [1.807, 2.05) is 36.0 Å². The number of fused-ring (bicyclic) bond motifs is 1. The highest BCUT2D eigenvalue weighted by molar-refractivity contribution is 7.91. The molecule has 2 saturated heterocycles. The fourth-order valence-corrected chi connectivity index (χ4v) is 6.20. The molecular weight excluding hydrogens is 364 g/mol. The van der Waals surface area contributed by atoms with E-state index < -0.39 is 9.84 Å². The van der Waals surface area contributed by atoms with Crippen molar-refractivity contribution in [3.8, 4) is 5.69 Å². The van der Waals surface area contributed by atoms with Crippen molar-refractivity contribution in [3.63, 3.8) is 0 Å². The van der Waals surface area contributed by atoms with Gasteiger partial charge in [0.2, 0.25) is 5.91 Å². The normalized spacial score (nSPS) is 24.7. The number of hydrogen-bond donors (Lipinski definition) is 0. The maximum Gasteiger partial charge on any atom is 0.222 e. The van der Waals surface area contributed by atoms with E-state index in [9.17, 15) is 13.2 Å². The standard InChI is InChI=1S/C19H24N4O3S/c1-2-19(24)22-10-9-21(17-13-27(25,26)14-18(17)22)12-15-5-3-6-16(11-15)23-8-4-7-20-23/h3-8,11,17-18H,2,9-10,12-14H2,1H3/t17-,18+/m0/s1. The van der Waals surface area contributed by atoms with Gasteiger partial charge < -0.3 is 4.90 Å². The van der Waals surface area contributed by atoms with E-state index in [1.165, 1.54) is 0 Å². The van der Waals surface area contributed by atoms with Gasteiger partial charge in [0.15, 0.2) is 9.84 Å². The average molecular weight is 388 g/mol. The number of hydrogen-bond acceptors (Lipinski definition) is 5. The Labute approximate surface area is 159 Å². The van der Waals surface area contributed by atoms with Gasteiger partial charge in [-0.1, -0.05) is 19.1 Å². The zero-order valence-electron chi connectivity index (χ0n) is 15.4. The lowest BCUT2D eigenvalue weighted by molar-refractivity contribution is -0.136. The molecule has 0 spiro atoms. The largest absolute Gasteiger partial charge is 0.336 e.